The smallest absolute Gasteiger partial charge is 0.326 e. The molecule has 1 fully saturated rings. The number of nitrogens with zero attached hydrogens (tertiary/aromatic N) is 3. The number of amides is 2. The summed E-state index contributed by atoms with van der Waals surface area (Å²) in [4.78, 5) is 46.4. The van der Waals surface area contributed by atoms with Crippen molar-refractivity contribution in [3.63, 3.8) is 0 Å². The van der Waals surface area contributed by atoms with Gasteiger partial charge in [0.25, 0.3) is 11.8 Å². The summed E-state index contributed by atoms with van der Waals surface area (Å²) in [5.74, 6) is -0.722. The molecular weight excluding hydrogens is 444 g/mol. The second-order valence-corrected chi connectivity index (χ2v) is 9.46. The summed E-state index contributed by atoms with van der Waals surface area (Å²) >= 11 is 0. The van der Waals surface area contributed by atoms with E-state index in [0.717, 1.165) is 35.2 Å². The molecule has 8 heteroatoms. The number of hydrogen-bond acceptors (Lipinski definition) is 5. The molecule has 3 heterocycles. The maximum atomic E-state index is 13.8. The molecule has 2 amide bonds. The van der Waals surface area contributed by atoms with Crippen LogP contribution in [0.2, 0.25) is 0 Å². The first-order valence-corrected chi connectivity index (χ1v) is 11.9. The quantitative estimate of drug-likeness (QED) is 0.457. The zero-order valence-corrected chi connectivity index (χ0v) is 19.9. The van der Waals surface area contributed by atoms with Crippen LogP contribution in [0.4, 0.5) is 11.4 Å². The molecule has 3 aromatic carbocycles. The van der Waals surface area contributed by atoms with Crippen LogP contribution in [0.3, 0.4) is 0 Å². The van der Waals surface area contributed by atoms with E-state index in [0.29, 0.717) is 40.9 Å². The molecule has 1 aromatic heterocycles. The molecule has 0 atom stereocenters. The summed E-state index contributed by atoms with van der Waals surface area (Å²) in [5.41, 5.74) is 4.36. The minimum Gasteiger partial charge on any atom is -0.378 e. The summed E-state index contributed by atoms with van der Waals surface area (Å²) in [6.45, 7) is 8.57. The van der Waals surface area contributed by atoms with Gasteiger partial charge in [0.05, 0.1) is 29.9 Å². The molecule has 0 bridgehead atoms. The predicted octanol–water partition coefficient (Wildman–Crippen LogP) is 4.01. The van der Waals surface area contributed by atoms with Crippen LogP contribution in [0.25, 0.3) is 21.8 Å². The van der Waals surface area contributed by atoms with Gasteiger partial charge in [0.1, 0.15) is 0 Å². The van der Waals surface area contributed by atoms with E-state index >= 15 is 0 Å². The number of aromatic nitrogens is 2. The molecule has 2 aliphatic heterocycles. The molecule has 8 nitrogen and oxygen atoms in total. The predicted molar refractivity (Wildman–Crippen MR) is 136 cm³/mol. The molecule has 178 valence electrons. The van der Waals surface area contributed by atoms with Gasteiger partial charge in [0, 0.05) is 46.7 Å². The number of ether oxygens (including phenoxy) is 1. The monoisotopic (exact) mass is 470 g/mol. The van der Waals surface area contributed by atoms with Crippen LogP contribution in [0.5, 0.6) is 0 Å². The second kappa shape index (κ2) is 7.81. The molecule has 0 saturated carbocycles. The second-order valence-electron chi connectivity index (χ2n) is 9.46. The maximum absolute atomic E-state index is 13.8. The number of rotatable bonds is 3. The summed E-state index contributed by atoms with van der Waals surface area (Å²) in [5, 5.41) is 1.59. The number of anilines is 2. The number of carbonyl (C=O) groups excluding carboxylic acids is 2. The Labute approximate surface area is 201 Å². The zero-order valence-electron chi connectivity index (χ0n) is 19.9. The largest absolute Gasteiger partial charge is 0.378 e. The highest BCUT2D eigenvalue weighted by atomic mass is 16.5. The lowest BCUT2D eigenvalue weighted by atomic mass is 9.92. The van der Waals surface area contributed by atoms with E-state index in [9.17, 15) is 14.4 Å². The van der Waals surface area contributed by atoms with Gasteiger partial charge in [-0.15, -0.1) is 0 Å². The van der Waals surface area contributed by atoms with Crippen LogP contribution in [-0.4, -0.2) is 47.7 Å². The molecule has 1 N–H and O–H groups in total. The fraction of sp³-hybridized carbons (Fsp3) is 0.296. The summed E-state index contributed by atoms with van der Waals surface area (Å²) < 4.78 is 7.17. The number of hydrogen-bond donors (Lipinski definition) is 1. The van der Waals surface area contributed by atoms with Crippen molar-refractivity contribution < 1.29 is 14.3 Å². The molecule has 0 unspecified atom stereocenters. The Balaban J connectivity index is 1.51. The van der Waals surface area contributed by atoms with Crippen molar-refractivity contribution in [2.45, 2.75) is 26.8 Å². The molecule has 6 rings (SSSR count). The van der Waals surface area contributed by atoms with Gasteiger partial charge in [0.2, 0.25) is 0 Å². The van der Waals surface area contributed by atoms with E-state index in [1.807, 2.05) is 51.1 Å². The number of imide groups is 1. The Morgan fingerprint density at radius 2 is 1.63 bits per heavy atom. The third-order valence-electron chi connectivity index (χ3n) is 7.03. The molecule has 0 aliphatic carbocycles. The van der Waals surface area contributed by atoms with Crippen LogP contribution in [-0.2, 0) is 4.74 Å². The van der Waals surface area contributed by atoms with Gasteiger partial charge in [0.15, 0.2) is 0 Å². The summed E-state index contributed by atoms with van der Waals surface area (Å²) in [7, 11) is 0. The van der Waals surface area contributed by atoms with E-state index in [-0.39, 0.29) is 23.5 Å². The van der Waals surface area contributed by atoms with Crippen LogP contribution in [0.1, 0.15) is 46.2 Å². The normalized spacial score (nSPS) is 16.2. The highest BCUT2D eigenvalue weighted by Crippen LogP contribution is 2.39. The lowest BCUT2D eigenvalue weighted by molar-refractivity contribution is 0.0893. The van der Waals surface area contributed by atoms with E-state index in [4.69, 9.17) is 4.74 Å². The number of nitrogens with one attached hydrogen (secondary N) is 1. The molecule has 0 radical (unpaired) electrons. The number of benzene rings is 3. The molecule has 0 spiro atoms. The van der Waals surface area contributed by atoms with Gasteiger partial charge < -0.3 is 14.6 Å². The molecule has 4 aromatic rings. The maximum Gasteiger partial charge on any atom is 0.326 e. The first-order valence-electron chi connectivity index (χ1n) is 11.9. The van der Waals surface area contributed by atoms with Gasteiger partial charge in [-0.25, -0.2) is 9.69 Å². The average molecular weight is 471 g/mol. The van der Waals surface area contributed by atoms with Gasteiger partial charge in [-0.1, -0.05) is 12.1 Å². The van der Waals surface area contributed by atoms with Gasteiger partial charge >= 0.3 is 5.69 Å². The van der Waals surface area contributed by atoms with Crippen molar-refractivity contribution in [2.75, 3.05) is 36.1 Å². The number of imidazole rings is 1. The summed E-state index contributed by atoms with van der Waals surface area (Å²) in [6.07, 6.45) is 0. The van der Waals surface area contributed by atoms with Gasteiger partial charge in [-0.2, -0.15) is 0 Å². The van der Waals surface area contributed by atoms with Crippen LogP contribution < -0.4 is 15.5 Å². The van der Waals surface area contributed by atoms with Gasteiger partial charge in [-0.05, 0) is 56.7 Å². The van der Waals surface area contributed by atoms with Crippen molar-refractivity contribution in [2.24, 2.45) is 0 Å². The van der Waals surface area contributed by atoms with E-state index in [1.54, 1.807) is 16.7 Å². The number of aromatic amines is 1. The average Bonchev–Trinajstić information content (AvgIpc) is 3.17. The molecule has 2 aliphatic rings. The Bertz CT molecular complexity index is 1570. The minimum absolute atomic E-state index is 0.0232. The van der Waals surface area contributed by atoms with E-state index in [2.05, 4.69) is 9.88 Å². The van der Waals surface area contributed by atoms with Crippen molar-refractivity contribution in [3.8, 4) is 0 Å². The lowest BCUT2D eigenvalue weighted by Crippen LogP contribution is -2.41. The first kappa shape index (κ1) is 21.6. The van der Waals surface area contributed by atoms with Crippen LogP contribution >= 0.6 is 0 Å². The number of fused-ring (bicyclic) bond motifs is 1. The Kier molecular flexibility index (Phi) is 4.82. The molecule has 35 heavy (non-hydrogen) atoms. The number of morpholine rings is 1. The molecular formula is C27H26N4O4. The van der Waals surface area contributed by atoms with Crippen LogP contribution in [0.15, 0.2) is 47.3 Å². The van der Waals surface area contributed by atoms with Crippen molar-refractivity contribution >= 4 is 45.0 Å². The standard InChI is InChI=1S/C27H26N4O4/c1-15(2)30-23-13-16(3)22(14-20(23)28-27(30)34)31-25(32)18-6-4-5-17-21(29-9-11-35-12-10-29)8-7-19(24(17)18)26(31)33/h4-8,13-15H,9-12H2,1-3H3,(H,28,34). The number of carbonyl (C=O) groups is 2. The third kappa shape index (κ3) is 3.13. The Morgan fingerprint density at radius 1 is 0.914 bits per heavy atom. The van der Waals surface area contributed by atoms with Crippen LogP contribution in [0, 0.1) is 6.92 Å². The minimum atomic E-state index is -0.361. The highest BCUT2D eigenvalue weighted by molar-refractivity contribution is 6.36. The highest BCUT2D eigenvalue weighted by Gasteiger charge is 2.36. The van der Waals surface area contributed by atoms with E-state index < -0.39 is 0 Å². The Hall–Kier alpha value is -3.91. The fourth-order valence-corrected chi connectivity index (χ4v) is 5.40. The molecule has 1 saturated heterocycles. The zero-order chi connectivity index (χ0) is 24.4. The van der Waals surface area contributed by atoms with Crippen molar-refractivity contribution in [3.05, 3.63) is 69.6 Å². The first-order chi connectivity index (χ1) is 16.9. The third-order valence-corrected chi connectivity index (χ3v) is 7.03. The topological polar surface area (TPSA) is 87.6 Å². The lowest BCUT2D eigenvalue weighted by Gasteiger charge is -2.32. The number of H-pyrrole nitrogens is 1. The van der Waals surface area contributed by atoms with Crippen molar-refractivity contribution in [1.82, 2.24) is 9.55 Å². The summed E-state index contributed by atoms with van der Waals surface area (Å²) in [6, 6.07) is 13.0. The van der Waals surface area contributed by atoms with Gasteiger partial charge in [-0.3, -0.25) is 14.2 Å². The SMILES string of the molecule is Cc1cc2c(cc1N1C(=O)c3cccc4c(N5CCOCC5)ccc(c34)C1=O)[nH]c(=O)n2C(C)C. The van der Waals surface area contributed by atoms with E-state index in [1.165, 1.54) is 4.90 Å². The van der Waals surface area contributed by atoms with Crippen molar-refractivity contribution in [1.29, 1.82) is 0 Å². The number of aryl methyl sites for hydroxylation is 1. The Morgan fingerprint density at radius 3 is 2.34 bits per heavy atom. The fourth-order valence-electron chi connectivity index (χ4n) is 5.40.